The predicted octanol–water partition coefficient (Wildman–Crippen LogP) is 4.61. The maximum absolute atomic E-state index is 12.7. The Hall–Kier alpha value is -2.81. The lowest BCUT2D eigenvalue weighted by atomic mass is 10.00. The van der Waals surface area contributed by atoms with Gasteiger partial charge in [0.1, 0.15) is 11.8 Å². The van der Waals surface area contributed by atoms with Gasteiger partial charge < -0.3 is 14.6 Å². The molecule has 0 spiro atoms. The number of hydrogen-bond acceptors (Lipinski definition) is 7. The minimum Gasteiger partial charge on any atom is -0.497 e. The van der Waals surface area contributed by atoms with Gasteiger partial charge in [0.25, 0.3) is 0 Å². The molecule has 1 aliphatic rings. The summed E-state index contributed by atoms with van der Waals surface area (Å²) in [5, 5.41) is 9.92. The standard InChI is InChI=1S/C25H26ClNO6S/c1-32-18-7-5-6-16(12-18)21(28)15-34-22-10-11-27(14-17(22)13-23(29)30)24(25(31)33-2)19-8-3-4-9-20(19)26/h3-9,12,24H,10-11,13-15H2,1-2H3,(H,29,30)/t24-/m1/s1. The number of Topliss-reactive ketones (excluding diaryl/α,β-unsaturated/α-hetero) is 1. The summed E-state index contributed by atoms with van der Waals surface area (Å²) in [6.07, 6.45) is 0.333. The second kappa shape index (κ2) is 12.1. The highest BCUT2D eigenvalue weighted by molar-refractivity contribution is 8.03. The molecule has 180 valence electrons. The fourth-order valence-corrected chi connectivity index (χ4v) is 5.17. The summed E-state index contributed by atoms with van der Waals surface area (Å²) in [6.45, 7) is 0.747. The molecule has 0 unspecified atom stereocenters. The number of ether oxygens (including phenoxy) is 2. The summed E-state index contributed by atoms with van der Waals surface area (Å²) < 4.78 is 10.2. The third kappa shape index (κ3) is 6.40. The number of carbonyl (C=O) groups is 3. The molecule has 0 fully saturated rings. The van der Waals surface area contributed by atoms with Crippen molar-refractivity contribution in [2.75, 3.05) is 33.1 Å². The fraction of sp³-hybridized carbons (Fsp3) is 0.320. The lowest BCUT2D eigenvalue weighted by Crippen LogP contribution is -2.40. The average molecular weight is 504 g/mol. The molecular formula is C25H26ClNO6S. The summed E-state index contributed by atoms with van der Waals surface area (Å²) in [6, 6.07) is 13.2. The van der Waals surface area contributed by atoms with Gasteiger partial charge in [0, 0.05) is 23.7 Å². The molecule has 0 amide bonds. The van der Waals surface area contributed by atoms with E-state index in [1.807, 2.05) is 4.90 Å². The van der Waals surface area contributed by atoms with Crippen LogP contribution in [0, 0.1) is 0 Å². The first-order valence-electron chi connectivity index (χ1n) is 10.6. The van der Waals surface area contributed by atoms with Gasteiger partial charge in [0.2, 0.25) is 0 Å². The minimum atomic E-state index is -0.971. The number of aliphatic carboxylic acids is 1. The van der Waals surface area contributed by atoms with Gasteiger partial charge in [0.15, 0.2) is 5.78 Å². The van der Waals surface area contributed by atoms with Crippen LogP contribution in [0.1, 0.15) is 34.8 Å². The number of carboxylic acids is 1. The van der Waals surface area contributed by atoms with Crippen LogP contribution in [0.4, 0.5) is 0 Å². The van der Waals surface area contributed by atoms with Crippen LogP contribution in [-0.4, -0.2) is 60.8 Å². The van der Waals surface area contributed by atoms with E-state index >= 15 is 0 Å². The second-order valence-electron chi connectivity index (χ2n) is 7.71. The van der Waals surface area contributed by atoms with Crippen molar-refractivity contribution < 1.29 is 29.0 Å². The molecule has 0 bridgehead atoms. The Morgan fingerprint density at radius 2 is 1.91 bits per heavy atom. The monoisotopic (exact) mass is 503 g/mol. The number of hydrogen-bond donors (Lipinski definition) is 1. The molecule has 1 aliphatic heterocycles. The number of ketones is 1. The normalized spacial score (nSPS) is 15.0. The topological polar surface area (TPSA) is 93.1 Å². The summed E-state index contributed by atoms with van der Waals surface area (Å²) in [4.78, 5) is 39.7. The number of rotatable bonds is 10. The highest BCUT2D eigenvalue weighted by atomic mass is 35.5. The van der Waals surface area contributed by atoms with Gasteiger partial charge in [-0.05, 0) is 40.7 Å². The first-order valence-corrected chi connectivity index (χ1v) is 12.0. The van der Waals surface area contributed by atoms with Crippen molar-refractivity contribution in [1.82, 2.24) is 4.90 Å². The van der Waals surface area contributed by atoms with Crippen molar-refractivity contribution in [3.8, 4) is 5.75 Å². The van der Waals surface area contributed by atoms with E-state index in [9.17, 15) is 19.5 Å². The molecule has 0 saturated carbocycles. The smallest absolute Gasteiger partial charge is 0.327 e. The van der Waals surface area contributed by atoms with E-state index in [1.165, 1.54) is 18.9 Å². The Labute approximate surface area is 207 Å². The molecule has 1 atom stereocenters. The largest absolute Gasteiger partial charge is 0.497 e. The van der Waals surface area contributed by atoms with Crippen LogP contribution in [0.3, 0.4) is 0 Å². The Bertz CT molecular complexity index is 1100. The zero-order valence-corrected chi connectivity index (χ0v) is 20.5. The molecule has 0 radical (unpaired) electrons. The number of carboxylic acid groups (broad SMARTS) is 1. The van der Waals surface area contributed by atoms with Crippen LogP contribution in [0.15, 0.2) is 59.0 Å². The Morgan fingerprint density at radius 3 is 2.59 bits per heavy atom. The number of esters is 1. The molecule has 2 aromatic rings. The summed E-state index contributed by atoms with van der Waals surface area (Å²) in [5.41, 5.74) is 1.81. The van der Waals surface area contributed by atoms with Gasteiger partial charge in [-0.2, -0.15) is 0 Å². The Morgan fingerprint density at radius 1 is 1.15 bits per heavy atom. The van der Waals surface area contributed by atoms with E-state index in [2.05, 4.69) is 0 Å². The number of methoxy groups -OCH3 is 2. The third-order valence-corrected chi connectivity index (χ3v) is 7.13. The van der Waals surface area contributed by atoms with Crippen LogP contribution in [-0.2, 0) is 14.3 Å². The highest BCUT2D eigenvalue weighted by Gasteiger charge is 2.34. The van der Waals surface area contributed by atoms with E-state index in [-0.39, 0.29) is 24.5 Å². The molecule has 34 heavy (non-hydrogen) atoms. The lowest BCUT2D eigenvalue weighted by Gasteiger charge is -2.35. The Balaban J connectivity index is 1.81. The van der Waals surface area contributed by atoms with Crippen LogP contribution in [0.25, 0.3) is 0 Å². The number of halogens is 1. The molecule has 9 heteroatoms. The van der Waals surface area contributed by atoms with Crippen LogP contribution >= 0.6 is 23.4 Å². The third-order valence-electron chi connectivity index (χ3n) is 5.54. The van der Waals surface area contributed by atoms with Crippen molar-refractivity contribution >= 4 is 41.1 Å². The first-order chi connectivity index (χ1) is 16.3. The van der Waals surface area contributed by atoms with Crippen molar-refractivity contribution in [2.24, 2.45) is 0 Å². The molecule has 0 aromatic heterocycles. The molecular weight excluding hydrogens is 478 g/mol. The van der Waals surface area contributed by atoms with Gasteiger partial charge >= 0.3 is 11.9 Å². The van der Waals surface area contributed by atoms with Crippen LogP contribution in [0.2, 0.25) is 5.02 Å². The molecule has 1 N–H and O–H groups in total. The number of nitrogens with zero attached hydrogens (tertiary/aromatic N) is 1. The summed E-state index contributed by atoms with van der Waals surface area (Å²) in [7, 11) is 2.86. The van der Waals surface area contributed by atoms with Gasteiger partial charge in [0.05, 0.1) is 26.4 Å². The molecule has 7 nitrogen and oxygen atoms in total. The van der Waals surface area contributed by atoms with Gasteiger partial charge in [-0.25, -0.2) is 4.79 Å². The SMILES string of the molecule is COC(=O)[C@@H](c1ccccc1Cl)N1CCC(SCC(=O)c2cccc(OC)c2)=C(CC(=O)O)C1. The number of benzene rings is 2. The number of carbonyl (C=O) groups excluding carboxylic acids is 2. The zero-order chi connectivity index (χ0) is 24.7. The average Bonchev–Trinajstić information content (AvgIpc) is 2.84. The number of thioether (sulfide) groups is 1. The van der Waals surface area contributed by atoms with E-state index in [4.69, 9.17) is 21.1 Å². The van der Waals surface area contributed by atoms with Crippen molar-refractivity contribution in [3.05, 3.63) is 75.2 Å². The van der Waals surface area contributed by atoms with Crippen LogP contribution < -0.4 is 4.74 Å². The van der Waals surface area contributed by atoms with Gasteiger partial charge in [-0.15, -0.1) is 11.8 Å². The lowest BCUT2D eigenvalue weighted by molar-refractivity contribution is -0.147. The molecule has 3 rings (SSSR count). The highest BCUT2D eigenvalue weighted by Crippen LogP contribution is 2.36. The van der Waals surface area contributed by atoms with E-state index in [1.54, 1.807) is 55.6 Å². The molecule has 0 aliphatic carbocycles. The van der Waals surface area contributed by atoms with Crippen LogP contribution in [0.5, 0.6) is 5.75 Å². The van der Waals surface area contributed by atoms with Crippen molar-refractivity contribution in [1.29, 1.82) is 0 Å². The first kappa shape index (κ1) is 25.8. The quantitative estimate of drug-likeness (QED) is 0.371. The second-order valence-corrected chi connectivity index (χ2v) is 9.19. The molecule has 1 heterocycles. The van der Waals surface area contributed by atoms with Crippen molar-refractivity contribution in [3.63, 3.8) is 0 Å². The van der Waals surface area contributed by atoms with E-state index < -0.39 is 18.0 Å². The van der Waals surface area contributed by atoms with E-state index in [0.29, 0.717) is 40.4 Å². The zero-order valence-electron chi connectivity index (χ0n) is 19.0. The predicted molar refractivity (Wildman–Crippen MR) is 131 cm³/mol. The molecule has 2 aromatic carbocycles. The summed E-state index contributed by atoms with van der Waals surface area (Å²) in [5.74, 6) is -0.731. The maximum Gasteiger partial charge on any atom is 0.327 e. The maximum atomic E-state index is 12.7. The minimum absolute atomic E-state index is 0.0722. The van der Waals surface area contributed by atoms with E-state index in [0.717, 1.165) is 4.91 Å². The fourth-order valence-electron chi connectivity index (χ4n) is 3.88. The Kier molecular flexibility index (Phi) is 9.15. The summed E-state index contributed by atoms with van der Waals surface area (Å²) >= 11 is 7.71. The van der Waals surface area contributed by atoms with Crippen molar-refractivity contribution in [2.45, 2.75) is 18.9 Å². The molecule has 0 saturated heterocycles. The van der Waals surface area contributed by atoms with Gasteiger partial charge in [-0.3, -0.25) is 14.5 Å². The van der Waals surface area contributed by atoms with Gasteiger partial charge in [-0.1, -0.05) is 41.9 Å².